The lowest BCUT2D eigenvalue weighted by Crippen LogP contribution is -2.48. The van der Waals surface area contributed by atoms with Gasteiger partial charge >= 0.3 is 5.97 Å². The Morgan fingerprint density at radius 2 is 1.81 bits per heavy atom. The third-order valence-corrected chi connectivity index (χ3v) is 8.32. The van der Waals surface area contributed by atoms with Gasteiger partial charge in [0.2, 0.25) is 0 Å². The van der Waals surface area contributed by atoms with Crippen molar-refractivity contribution in [2.75, 3.05) is 6.54 Å². The Bertz CT molecular complexity index is 1110. The second-order valence-electron chi connectivity index (χ2n) is 7.23. The average molecular weight is 458 g/mol. The Labute approximate surface area is 186 Å². The Morgan fingerprint density at radius 1 is 1.00 bits per heavy atom. The number of ether oxygens (including phenoxy) is 2. The molecule has 2 aromatic carbocycles. The van der Waals surface area contributed by atoms with Crippen LogP contribution in [0.2, 0.25) is 0 Å². The topological polar surface area (TPSA) is 72.9 Å². The molecule has 31 heavy (non-hydrogen) atoms. The Morgan fingerprint density at radius 3 is 2.58 bits per heavy atom. The van der Waals surface area contributed by atoms with Crippen molar-refractivity contribution in [1.82, 2.24) is 4.31 Å². The number of esters is 1. The maximum atomic E-state index is 13.0. The van der Waals surface area contributed by atoms with Crippen LogP contribution in [0.1, 0.15) is 24.8 Å². The third kappa shape index (κ3) is 5.15. The lowest BCUT2D eigenvalue weighted by Gasteiger charge is -2.32. The molecule has 162 valence electrons. The van der Waals surface area contributed by atoms with Gasteiger partial charge in [0.05, 0.1) is 0 Å². The van der Waals surface area contributed by atoms with Crippen molar-refractivity contribution in [3.63, 3.8) is 0 Å². The van der Waals surface area contributed by atoms with E-state index in [4.69, 9.17) is 9.47 Å². The largest absolute Gasteiger partial charge is 0.460 e. The summed E-state index contributed by atoms with van der Waals surface area (Å²) in [5, 5.41) is 1.72. The van der Waals surface area contributed by atoms with Gasteiger partial charge in [-0.3, -0.25) is 4.79 Å². The SMILES string of the molecule is O=C(OCc1cccc(Oc2ccccc2)c1)C1CCCCN1S(=O)(=O)c1cccs1. The van der Waals surface area contributed by atoms with Crippen LogP contribution < -0.4 is 4.74 Å². The molecule has 1 atom stereocenters. The lowest BCUT2D eigenvalue weighted by atomic mass is 10.1. The summed E-state index contributed by atoms with van der Waals surface area (Å²) in [4.78, 5) is 12.8. The minimum Gasteiger partial charge on any atom is -0.460 e. The smallest absolute Gasteiger partial charge is 0.324 e. The Balaban J connectivity index is 1.42. The van der Waals surface area contributed by atoms with Gasteiger partial charge < -0.3 is 9.47 Å². The molecule has 1 aliphatic rings. The van der Waals surface area contributed by atoms with E-state index in [1.165, 1.54) is 4.31 Å². The van der Waals surface area contributed by atoms with Crippen LogP contribution in [-0.4, -0.2) is 31.3 Å². The first-order valence-electron chi connectivity index (χ1n) is 10.1. The van der Waals surface area contributed by atoms with Crippen LogP contribution in [0.25, 0.3) is 0 Å². The molecular weight excluding hydrogens is 434 g/mol. The van der Waals surface area contributed by atoms with Gasteiger partial charge in [-0.15, -0.1) is 11.3 Å². The summed E-state index contributed by atoms with van der Waals surface area (Å²) < 4.78 is 38.8. The predicted molar refractivity (Wildman–Crippen MR) is 119 cm³/mol. The summed E-state index contributed by atoms with van der Waals surface area (Å²) in [7, 11) is -3.71. The number of hydrogen-bond donors (Lipinski definition) is 0. The van der Waals surface area contributed by atoms with Crippen molar-refractivity contribution in [1.29, 1.82) is 0 Å². The summed E-state index contributed by atoms with van der Waals surface area (Å²) in [5.74, 6) is 0.835. The fraction of sp³-hybridized carbons (Fsp3) is 0.261. The summed E-state index contributed by atoms with van der Waals surface area (Å²) in [5.41, 5.74) is 0.769. The van der Waals surface area contributed by atoms with Crippen molar-refractivity contribution in [2.45, 2.75) is 36.1 Å². The molecule has 1 aliphatic heterocycles. The van der Waals surface area contributed by atoms with E-state index in [1.807, 2.05) is 48.5 Å². The van der Waals surface area contributed by atoms with Gasteiger partial charge in [-0.2, -0.15) is 4.31 Å². The van der Waals surface area contributed by atoms with Gasteiger partial charge in [0.25, 0.3) is 10.0 Å². The minimum atomic E-state index is -3.71. The zero-order valence-electron chi connectivity index (χ0n) is 16.8. The fourth-order valence-corrected chi connectivity index (χ4v) is 6.29. The van der Waals surface area contributed by atoms with Crippen molar-refractivity contribution in [3.05, 3.63) is 77.7 Å². The number of rotatable bonds is 7. The second kappa shape index (κ2) is 9.64. The Kier molecular flexibility index (Phi) is 6.70. The quantitative estimate of drug-likeness (QED) is 0.475. The first kappa shape index (κ1) is 21.5. The fourth-order valence-electron chi connectivity index (χ4n) is 3.53. The highest BCUT2D eigenvalue weighted by atomic mass is 32.2. The number of hydrogen-bond acceptors (Lipinski definition) is 6. The van der Waals surface area contributed by atoms with E-state index >= 15 is 0 Å². The number of sulfonamides is 1. The van der Waals surface area contributed by atoms with Gasteiger partial charge in [0.1, 0.15) is 28.4 Å². The van der Waals surface area contributed by atoms with Crippen LogP contribution in [-0.2, 0) is 26.2 Å². The van der Waals surface area contributed by atoms with Gasteiger partial charge in [0.15, 0.2) is 0 Å². The number of thiophene rings is 1. The Hall–Kier alpha value is -2.68. The molecule has 1 fully saturated rings. The van der Waals surface area contributed by atoms with Crippen molar-refractivity contribution < 1.29 is 22.7 Å². The number of para-hydroxylation sites is 1. The average Bonchev–Trinajstić information content (AvgIpc) is 3.34. The summed E-state index contributed by atoms with van der Waals surface area (Å²) >= 11 is 1.15. The highest BCUT2D eigenvalue weighted by Gasteiger charge is 2.39. The number of carbonyl (C=O) groups excluding carboxylic acids is 1. The molecule has 3 aromatic rings. The lowest BCUT2D eigenvalue weighted by molar-refractivity contribution is -0.150. The molecule has 0 radical (unpaired) electrons. The zero-order valence-corrected chi connectivity index (χ0v) is 18.5. The molecular formula is C23H23NO5S2. The normalized spacial score (nSPS) is 17.2. The molecule has 0 N–H and O–H groups in total. The van der Waals surface area contributed by atoms with E-state index in [1.54, 1.807) is 23.6 Å². The van der Waals surface area contributed by atoms with Crippen molar-refractivity contribution >= 4 is 27.3 Å². The third-order valence-electron chi connectivity index (χ3n) is 5.04. The molecule has 1 unspecified atom stereocenters. The van der Waals surface area contributed by atoms with E-state index in [9.17, 15) is 13.2 Å². The van der Waals surface area contributed by atoms with Crippen LogP contribution in [0, 0.1) is 0 Å². The maximum absolute atomic E-state index is 13.0. The highest BCUT2D eigenvalue weighted by Crippen LogP contribution is 2.29. The van der Waals surface area contributed by atoms with Crippen LogP contribution in [0.3, 0.4) is 0 Å². The molecule has 0 amide bonds. The number of benzene rings is 2. The van der Waals surface area contributed by atoms with E-state index in [0.29, 0.717) is 24.5 Å². The monoisotopic (exact) mass is 457 g/mol. The predicted octanol–water partition coefficient (Wildman–Crippen LogP) is 4.83. The van der Waals surface area contributed by atoms with Gasteiger partial charge in [-0.25, -0.2) is 8.42 Å². The van der Waals surface area contributed by atoms with Crippen LogP contribution >= 0.6 is 11.3 Å². The van der Waals surface area contributed by atoms with Gasteiger partial charge in [0, 0.05) is 6.54 Å². The van der Waals surface area contributed by atoms with Crippen LogP contribution in [0.15, 0.2) is 76.3 Å². The number of nitrogens with zero attached hydrogens (tertiary/aromatic N) is 1. The molecule has 0 aliphatic carbocycles. The molecule has 4 rings (SSSR count). The molecule has 1 saturated heterocycles. The molecule has 0 bridgehead atoms. The molecule has 8 heteroatoms. The molecule has 1 aromatic heterocycles. The van der Waals surface area contributed by atoms with Crippen molar-refractivity contribution in [2.24, 2.45) is 0 Å². The molecule has 0 spiro atoms. The van der Waals surface area contributed by atoms with E-state index in [0.717, 1.165) is 29.7 Å². The summed E-state index contributed by atoms with van der Waals surface area (Å²) in [6.07, 6.45) is 1.98. The van der Waals surface area contributed by atoms with Crippen LogP contribution in [0.4, 0.5) is 0 Å². The zero-order chi connectivity index (χ0) is 21.7. The number of carbonyl (C=O) groups is 1. The molecule has 2 heterocycles. The van der Waals surface area contributed by atoms with E-state index in [2.05, 4.69) is 0 Å². The molecule has 6 nitrogen and oxygen atoms in total. The first-order valence-corrected chi connectivity index (χ1v) is 12.4. The summed E-state index contributed by atoms with van der Waals surface area (Å²) in [6, 6.07) is 19.2. The van der Waals surface area contributed by atoms with Crippen molar-refractivity contribution in [3.8, 4) is 11.5 Å². The maximum Gasteiger partial charge on any atom is 0.324 e. The van der Waals surface area contributed by atoms with Crippen LogP contribution in [0.5, 0.6) is 11.5 Å². The van der Waals surface area contributed by atoms with Gasteiger partial charge in [-0.1, -0.05) is 36.4 Å². The first-order chi connectivity index (χ1) is 15.0. The highest BCUT2D eigenvalue weighted by molar-refractivity contribution is 7.91. The second-order valence-corrected chi connectivity index (χ2v) is 10.3. The standard InChI is InChI=1S/C23H23NO5S2/c25-23(21-12-4-5-14-24(21)31(26,27)22-13-7-15-30-22)28-17-18-8-6-11-20(16-18)29-19-9-2-1-3-10-19/h1-3,6-11,13,15-16,21H,4-5,12,14,17H2. The van der Waals surface area contributed by atoms with E-state index in [-0.39, 0.29) is 10.8 Å². The number of piperidine rings is 1. The van der Waals surface area contributed by atoms with E-state index < -0.39 is 22.0 Å². The van der Waals surface area contributed by atoms with Gasteiger partial charge in [-0.05, 0) is 60.5 Å². The molecule has 0 saturated carbocycles. The summed E-state index contributed by atoms with van der Waals surface area (Å²) in [6.45, 7) is 0.370. The minimum absolute atomic E-state index is 0.0498.